The van der Waals surface area contributed by atoms with E-state index < -0.39 is 29.9 Å². The lowest BCUT2D eigenvalue weighted by Gasteiger charge is -2.31. The molecule has 1 unspecified atom stereocenters. The highest BCUT2D eigenvalue weighted by atomic mass is 19.4. The molecule has 1 atom stereocenters. The van der Waals surface area contributed by atoms with Crippen LogP contribution in [-0.4, -0.2) is 32.9 Å². The fourth-order valence-corrected chi connectivity index (χ4v) is 2.65. The van der Waals surface area contributed by atoms with Crippen LogP contribution in [-0.2, 0) is 16.9 Å². The van der Waals surface area contributed by atoms with Crippen LogP contribution in [0.5, 0.6) is 0 Å². The van der Waals surface area contributed by atoms with Gasteiger partial charge >= 0.3 is 6.18 Å². The third kappa shape index (κ3) is 3.39. The van der Waals surface area contributed by atoms with Crippen molar-refractivity contribution in [3.8, 4) is 0 Å². The molecule has 1 aromatic heterocycles. The molecule has 0 saturated heterocycles. The average Bonchev–Trinajstić information content (AvgIpc) is 2.96. The lowest BCUT2D eigenvalue weighted by atomic mass is 9.97. The quantitative estimate of drug-likeness (QED) is 0.926. The second kappa shape index (κ2) is 6.29. The van der Waals surface area contributed by atoms with E-state index in [9.17, 15) is 23.1 Å². The summed E-state index contributed by atoms with van der Waals surface area (Å²) in [7, 11) is 0. The molecule has 0 fully saturated rings. The number of hydrogen-bond donors (Lipinski definition) is 1. The molecule has 1 N–H and O–H groups in total. The van der Waals surface area contributed by atoms with Crippen molar-refractivity contribution in [3.63, 3.8) is 0 Å². The van der Waals surface area contributed by atoms with Crippen LogP contribution < -0.4 is 0 Å². The van der Waals surface area contributed by atoms with Gasteiger partial charge in [0.2, 0.25) is 5.91 Å². The first kappa shape index (κ1) is 17.1. The SMILES string of the molecule is O=C(Cc1ccccc1)N1N=C(C(F)(F)F)CC1(O)c1ccncc1. The van der Waals surface area contributed by atoms with E-state index in [1.807, 2.05) is 0 Å². The maximum absolute atomic E-state index is 13.1. The Morgan fingerprint density at radius 2 is 1.80 bits per heavy atom. The molecule has 0 radical (unpaired) electrons. The third-order valence-electron chi connectivity index (χ3n) is 3.89. The van der Waals surface area contributed by atoms with Crippen molar-refractivity contribution in [3.05, 3.63) is 66.0 Å². The van der Waals surface area contributed by atoms with E-state index in [1.54, 1.807) is 30.3 Å². The standard InChI is InChI=1S/C17H14F3N3O2/c18-17(19,20)14-11-16(25,13-6-8-21-9-7-13)23(22-14)15(24)10-12-4-2-1-3-5-12/h1-9,25H,10-11H2. The summed E-state index contributed by atoms with van der Waals surface area (Å²) in [5.41, 5.74) is -2.67. The molecule has 1 amide bonds. The first-order valence-corrected chi connectivity index (χ1v) is 7.45. The van der Waals surface area contributed by atoms with Crippen molar-refractivity contribution in [1.82, 2.24) is 9.99 Å². The maximum atomic E-state index is 13.1. The van der Waals surface area contributed by atoms with Gasteiger partial charge in [-0.05, 0) is 17.7 Å². The summed E-state index contributed by atoms with van der Waals surface area (Å²) in [5.74, 6) is -0.732. The van der Waals surface area contributed by atoms with Gasteiger partial charge in [-0.25, -0.2) is 0 Å². The summed E-state index contributed by atoms with van der Waals surface area (Å²) in [6.45, 7) is 0. The number of alkyl halides is 3. The van der Waals surface area contributed by atoms with Gasteiger partial charge in [-0.15, -0.1) is 0 Å². The van der Waals surface area contributed by atoms with Gasteiger partial charge in [0, 0.05) is 18.0 Å². The molecular formula is C17H14F3N3O2. The summed E-state index contributed by atoms with van der Waals surface area (Å²) in [6.07, 6.45) is -3.08. The third-order valence-corrected chi connectivity index (χ3v) is 3.89. The maximum Gasteiger partial charge on any atom is 0.431 e. The molecule has 0 spiro atoms. The highest BCUT2D eigenvalue weighted by Gasteiger charge is 2.52. The zero-order chi connectivity index (χ0) is 18.1. The van der Waals surface area contributed by atoms with Crippen molar-refractivity contribution in [1.29, 1.82) is 0 Å². The molecule has 5 nitrogen and oxygen atoms in total. The normalized spacial score (nSPS) is 20.5. The van der Waals surface area contributed by atoms with Crippen LogP contribution in [0, 0.1) is 0 Å². The van der Waals surface area contributed by atoms with E-state index in [2.05, 4.69) is 10.1 Å². The van der Waals surface area contributed by atoms with Gasteiger partial charge in [-0.1, -0.05) is 30.3 Å². The number of nitrogens with zero attached hydrogens (tertiary/aromatic N) is 3. The summed E-state index contributed by atoms with van der Waals surface area (Å²) in [4.78, 5) is 16.3. The molecule has 2 heterocycles. The van der Waals surface area contributed by atoms with E-state index in [0.717, 1.165) is 0 Å². The molecule has 0 bridgehead atoms. The molecule has 2 aromatic rings. The van der Waals surface area contributed by atoms with Gasteiger partial charge in [0.05, 0.1) is 12.8 Å². The van der Waals surface area contributed by atoms with Gasteiger partial charge in [0.15, 0.2) is 5.72 Å². The Bertz CT molecular complexity index is 794. The first-order valence-electron chi connectivity index (χ1n) is 7.45. The van der Waals surface area contributed by atoms with Gasteiger partial charge < -0.3 is 5.11 Å². The van der Waals surface area contributed by atoms with Crippen LogP contribution in [0.4, 0.5) is 13.2 Å². The topological polar surface area (TPSA) is 65.8 Å². The van der Waals surface area contributed by atoms with Gasteiger partial charge in [-0.3, -0.25) is 9.78 Å². The molecule has 8 heteroatoms. The van der Waals surface area contributed by atoms with Crippen LogP contribution >= 0.6 is 0 Å². The first-order chi connectivity index (χ1) is 11.8. The Balaban J connectivity index is 1.96. The fraction of sp³-hybridized carbons (Fsp3) is 0.235. The predicted molar refractivity (Wildman–Crippen MR) is 83.2 cm³/mol. The highest BCUT2D eigenvalue weighted by molar-refractivity contribution is 5.94. The number of benzene rings is 1. The summed E-state index contributed by atoms with van der Waals surface area (Å²) >= 11 is 0. The minimum Gasteiger partial charge on any atom is -0.365 e. The number of hydrogen-bond acceptors (Lipinski definition) is 4. The summed E-state index contributed by atoms with van der Waals surface area (Å²) < 4.78 is 39.3. The molecular weight excluding hydrogens is 335 g/mol. The van der Waals surface area contributed by atoms with E-state index in [0.29, 0.717) is 10.6 Å². The van der Waals surface area contributed by atoms with Gasteiger partial charge in [0.1, 0.15) is 5.71 Å². The number of pyridine rings is 1. The molecule has 25 heavy (non-hydrogen) atoms. The molecule has 1 aliphatic rings. The van der Waals surface area contributed by atoms with Crippen molar-refractivity contribution in [2.45, 2.75) is 24.7 Å². The molecule has 1 aromatic carbocycles. The number of aromatic nitrogens is 1. The van der Waals surface area contributed by atoms with E-state index in [-0.39, 0.29) is 12.0 Å². The number of hydrazone groups is 1. The smallest absolute Gasteiger partial charge is 0.365 e. The minimum atomic E-state index is -4.73. The van der Waals surface area contributed by atoms with E-state index in [4.69, 9.17) is 0 Å². The van der Waals surface area contributed by atoms with Crippen LogP contribution in [0.2, 0.25) is 0 Å². The number of aliphatic hydroxyl groups is 1. The predicted octanol–water partition coefficient (Wildman–Crippen LogP) is 2.62. The Morgan fingerprint density at radius 3 is 2.40 bits per heavy atom. The minimum absolute atomic E-state index is 0.118. The average molecular weight is 349 g/mol. The summed E-state index contributed by atoms with van der Waals surface area (Å²) in [5, 5.41) is 14.8. The second-order valence-corrected chi connectivity index (χ2v) is 5.64. The largest absolute Gasteiger partial charge is 0.431 e. The van der Waals surface area contributed by atoms with Crippen LogP contribution in [0.3, 0.4) is 0 Å². The Labute approximate surface area is 141 Å². The molecule has 0 aliphatic carbocycles. The monoisotopic (exact) mass is 349 g/mol. The molecule has 1 aliphatic heterocycles. The Hall–Kier alpha value is -2.74. The van der Waals surface area contributed by atoms with Crippen LogP contribution in [0.1, 0.15) is 17.5 Å². The van der Waals surface area contributed by atoms with E-state index >= 15 is 0 Å². The van der Waals surface area contributed by atoms with Gasteiger partial charge in [-0.2, -0.15) is 23.3 Å². The Kier molecular flexibility index (Phi) is 4.30. The van der Waals surface area contributed by atoms with Crippen molar-refractivity contribution >= 4 is 11.6 Å². The zero-order valence-corrected chi connectivity index (χ0v) is 12.9. The lowest BCUT2D eigenvalue weighted by molar-refractivity contribution is -0.157. The lowest BCUT2D eigenvalue weighted by Crippen LogP contribution is -2.44. The van der Waals surface area contributed by atoms with Crippen LogP contribution in [0.25, 0.3) is 0 Å². The fourth-order valence-electron chi connectivity index (χ4n) is 2.65. The van der Waals surface area contributed by atoms with Gasteiger partial charge in [0.25, 0.3) is 0 Å². The molecule has 3 rings (SSSR count). The Morgan fingerprint density at radius 1 is 1.16 bits per heavy atom. The number of amides is 1. The number of carbonyl (C=O) groups is 1. The zero-order valence-electron chi connectivity index (χ0n) is 12.9. The number of carbonyl (C=O) groups excluding carboxylic acids is 1. The highest BCUT2D eigenvalue weighted by Crippen LogP contribution is 2.39. The molecule has 130 valence electrons. The number of halogens is 3. The summed E-state index contributed by atoms with van der Waals surface area (Å²) in [6, 6.07) is 11.3. The van der Waals surface area contributed by atoms with Crippen molar-refractivity contribution in [2.24, 2.45) is 5.10 Å². The number of rotatable bonds is 3. The van der Waals surface area contributed by atoms with Crippen molar-refractivity contribution < 1.29 is 23.1 Å². The van der Waals surface area contributed by atoms with Crippen molar-refractivity contribution in [2.75, 3.05) is 0 Å². The second-order valence-electron chi connectivity index (χ2n) is 5.64. The molecule has 0 saturated carbocycles. The van der Waals surface area contributed by atoms with E-state index in [1.165, 1.54) is 24.5 Å². The van der Waals surface area contributed by atoms with Crippen LogP contribution in [0.15, 0.2) is 60.0 Å².